The molecule has 0 bridgehead atoms. The van der Waals surface area contributed by atoms with Crippen LogP contribution in [0.25, 0.3) is 0 Å². The Morgan fingerprint density at radius 1 is 1.50 bits per heavy atom. The van der Waals surface area contributed by atoms with Gasteiger partial charge >= 0.3 is 0 Å². The molecule has 0 saturated carbocycles. The molecule has 0 radical (unpaired) electrons. The van der Waals surface area contributed by atoms with E-state index in [-0.39, 0.29) is 11.9 Å². The Labute approximate surface area is 84.1 Å². The first kappa shape index (κ1) is 10.7. The zero-order valence-corrected chi connectivity index (χ0v) is 8.47. The fourth-order valence-corrected chi connectivity index (χ4v) is 1.28. The second kappa shape index (κ2) is 4.78. The number of rotatable bonds is 2. The molecular weight excluding hydrogens is 177 g/mol. The van der Waals surface area contributed by atoms with Crippen molar-refractivity contribution in [2.75, 3.05) is 0 Å². The van der Waals surface area contributed by atoms with Crippen molar-refractivity contribution in [1.82, 2.24) is 0 Å². The zero-order chi connectivity index (χ0) is 10.6. The van der Waals surface area contributed by atoms with Gasteiger partial charge in [-0.2, -0.15) is 0 Å². The van der Waals surface area contributed by atoms with Gasteiger partial charge in [0.15, 0.2) is 0 Å². The van der Waals surface area contributed by atoms with Crippen molar-refractivity contribution in [2.24, 2.45) is 5.73 Å². The molecule has 2 N–H and O–H groups in total. The lowest BCUT2D eigenvalue weighted by molar-refractivity contribution is 0.577. The zero-order valence-electron chi connectivity index (χ0n) is 8.47. The lowest BCUT2D eigenvalue weighted by Gasteiger charge is -2.10. The smallest absolute Gasteiger partial charge is 0.130 e. The molecule has 0 aliphatic carbocycles. The maximum atomic E-state index is 13.6. The quantitative estimate of drug-likeness (QED) is 0.714. The van der Waals surface area contributed by atoms with E-state index in [1.165, 1.54) is 0 Å². The largest absolute Gasteiger partial charge is 0.323 e. The van der Waals surface area contributed by atoms with Crippen LogP contribution < -0.4 is 5.73 Å². The summed E-state index contributed by atoms with van der Waals surface area (Å²) in [5.41, 5.74) is 6.98. The highest BCUT2D eigenvalue weighted by molar-refractivity contribution is 5.28. The van der Waals surface area contributed by atoms with Crippen LogP contribution >= 0.6 is 0 Å². The van der Waals surface area contributed by atoms with Crippen molar-refractivity contribution in [3.05, 3.63) is 35.1 Å². The van der Waals surface area contributed by atoms with E-state index >= 15 is 0 Å². The van der Waals surface area contributed by atoms with Crippen LogP contribution in [0, 0.1) is 24.6 Å². The molecule has 1 aromatic carbocycles. The molecule has 1 atom stereocenters. The van der Waals surface area contributed by atoms with Gasteiger partial charge in [0.2, 0.25) is 0 Å². The molecule has 0 aromatic heterocycles. The Bertz CT molecular complexity index is 374. The van der Waals surface area contributed by atoms with Crippen LogP contribution in [0.4, 0.5) is 4.39 Å². The number of hydrogen-bond donors (Lipinski definition) is 1. The highest BCUT2D eigenvalue weighted by Crippen LogP contribution is 2.19. The van der Waals surface area contributed by atoms with E-state index < -0.39 is 0 Å². The van der Waals surface area contributed by atoms with E-state index in [1.807, 2.05) is 6.07 Å². The molecule has 1 rings (SSSR count). The van der Waals surface area contributed by atoms with Gasteiger partial charge in [-0.3, -0.25) is 0 Å². The Kier molecular flexibility index (Phi) is 3.67. The molecule has 0 fully saturated rings. The summed E-state index contributed by atoms with van der Waals surface area (Å²) in [7, 11) is 0. The molecule has 0 amide bonds. The first-order chi connectivity index (χ1) is 6.66. The summed E-state index contributed by atoms with van der Waals surface area (Å²) in [6.07, 6.45) is 0.497. The van der Waals surface area contributed by atoms with E-state index in [9.17, 15) is 4.39 Å². The molecule has 0 spiro atoms. The molecular formula is C12H14FN. The summed E-state index contributed by atoms with van der Waals surface area (Å²) in [5.74, 6) is 5.39. The number of nitrogens with two attached hydrogens (primary N) is 1. The van der Waals surface area contributed by atoms with Crippen molar-refractivity contribution in [2.45, 2.75) is 26.3 Å². The van der Waals surface area contributed by atoms with Gasteiger partial charge in [-0.05, 0) is 19.4 Å². The molecule has 74 valence electrons. The number of halogens is 1. The first-order valence-corrected chi connectivity index (χ1v) is 4.57. The lowest BCUT2D eigenvalue weighted by Crippen LogP contribution is -2.11. The van der Waals surface area contributed by atoms with Crippen molar-refractivity contribution >= 4 is 0 Å². The maximum Gasteiger partial charge on any atom is 0.130 e. The van der Waals surface area contributed by atoms with E-state index in [1.54, 1.807) is 26.0 Å². The van der Waals surface area contributed by atoms with Gasteiger partial charge < -0.3 is 5.73 Å². The fourth-order valence-electron chi connectivity index (χ4n) is 1.28. The van der Waals surface area contributed by atoms with Crippen LogP contribution in [-0.4, -0.2) is 0 Å². The van der Waals surface area contributed by atoms with E-state index in [0.29, 0.717) is 17.5 Å². The standard InChI is InChI=1S/C12H14FN/c1-3-4-8-11(14)10-7-5-6-9(2)12(10)13/h5-7,11H,8,14H2,1-2H3. The Morgan fingerprint density at radius 2 is 2.21 bits per heavy atom. The Hall–Kier alpha value is -1.33. The van der Waals surface area contributed by atoms with Crippen molar-refractivity contribution in [3.8, 4) is 11.8 Å². The summed E-state index contributed by atoms with van der Waals surface area (Å²) in [4.78, 5) is 0. The highest BCUT2D eigenvalue weighted by Gasteiger charge is 2.11. The second-order valence-corrected chi connectivity index (χ2v) is 3.22. The molecule has 0 aliphatic rings. The predicted octanol–water partition coefficient (Wildman–Crippen LogP) is 2.55. The van der Waals surface area contributed by atoms with Crippen LogP contribution in [0.15, 0.2) is 18.2 Å². The molecule has 0 aliphatic heterocycles. The summed E-state index contributed by atoms with van der Waals surface area (Å²) in [6, 6.07) is 4.93. The second-order valence-electron chi connectivity index (χ2n) is 3.22. The third kappa shape index (κ3) is 2.34. The summed E-state index contributed by atoms with van der Waals surface area (Å²) in [5, 5.41) is 0. The lowest BCUT2D eigenvalue weighted by atomic mass is 10.0. The highest BCUT2D eigenvalue weighted by atomic mass is 19.1. The topological polar surface area (TPSA) is 26.0 Å². The van der Waals surface area contributed by atoms with E-state index in [0.717, 1.165) is 0 Å². The Morgan fingerprint density at radius 3 is 2.86 bits per heavy atom. The van der Waals surface area contributed by atoms with Crippen molar-refractivity contribution in [3.63, 3.8) is 0 Å². The first-order valence-electron chi connectivity index (χ1n) is 4.57. The average Bonchev–Trinajstić information content (AvgIpc) is 2.18. The van der Waals surface area contributed by atoms with Gasteiger partial charge in [0, 0.05) is 18.0 Å². The van der Waals surface area contributed by atoms with Gasteiger partial charge in [-0.15, -0.1) is 11.8 Å². The summed E-state index contributed by atoms with van der Waals surface area (Å²) < 4.78 is 13.6. The van der Waals surface area contributed by atoms with Crippen LogP contribution in [0.3, 0.4) is 0 Å². The van der Waals surface area contributed by atoms with Gasteiger partial charge in [0.1, 0.15) is 5.82 Å². The number of benzene rings is 1. The third-order valence-corrected chi connectivity index (χ3v) is 2.12. The average molecular weight is 191 g/mol. The maximum absolute atomic E-state index is 13.6. The molecule has 14 heavy (non-hydrogen) atoms. The van der Waals surface area contributed by atoms with Crippen LogP contribution in [0.1, 0.15) is 30.5 Å². The Balaban J connectivity index is 2.93. The molecule has 0 heterocycles. The number of hydrogen-bond acceptors (Lipinski definition) is 1. The van der Waals surface area contributed by atoms with Gasteiger partial charge in [0.05, 0.1) is 0 Å². The van der Waals surface area contributed by atoms with Gasteiger partial charge in [-0.1, -0.05) is 18.2 Å². The number of aryl methyl sites for hydroxylation is 1. The molecule has 0 saturated heterocycles. The fraction of sp³-hybridized carbons (Fsp3) is 0.333. The van der Waals surface area contributed by atoms with Gasteiger partial charge in [-0.25, -0.2) is 4.39 Å². The van der Waals surface area contributed by atoms with E-state index in [2.05, 4.69) is 11.8 Å². The predicted molar refractivity (Wildman–Crippen MR) is 56.1 cm³/mol. The van der Waals surface area contributed by atoms with E-state index in [4.69, 9.17) is 5.73 Å². The monoisotopic (exact) mass is 191 g/mol. The van der Waals surface area contributed by atoms with Crippen molar-refractivity contribution in [1.29, 1.82) is 0 Å². The molecule has 1 nitrogen and oxygen atoms in total. The van der Waals surface area contributed by atoms with Crippen molar-refractivity contribution < 1.29 is 4.39 Å². The van der Waals surface area contributed by atoms with Crippen LogP contribution in [0.5, 0.6) is 0 Å². The molecule has 1 aromatic rings. The van der Waals surface area contributed by atoms with Gasteiger partial charge in [0.25, 0.3) is 0 Å². The summed E-state index contributed by atoms with van der Waals surface area (Å²) >= 11 is 0. The normalized spacial score (nSPS) is 11.7. The SMILES string of the molecule is CC#CCC(N)c1cccc(C)c1F. The molecule has 1 unspecified atom stereocenters. The van der Waals surface area contributed by atoms with Crippen LogP contribution in [-0.2, 0) is 0 Å². The summed E-state index contributed by atoms with van der Waals surface area (Å²) in [6.45, 7) is 3.48. The molecule has 2 heteroatoms. The minimum atomic E-state index is -0.331. The minimum absolute atomic E-state index is 0.210. The van der Waals surface area contributed by atoms with Crippen LogP contribution in [0.2, 0.25) is 0 Å². The minimum Gasteiger partial charge on any atom is -0.323 e. The third-order valence-electron chi connectivity index (χ3n) is 2.12.